The van der Waals surface area contributed by atoms with Gasteiger partial charge in [0.2, 0.25) is 17.6 Å². The van der Waals surface area contributed by atoms with Gasteiger partial charge in [-0.3, -0.25) is 4.79 Å². The zero-order chi connectivity index (χ0) is 16.2. The van der Waals surface area contributed by atoms with Crippen LogP contribution in [0, 0.1) is 5.92 Å². The largest absolute Gasteiger partial charge is 0.342 e. The van der Waals surface area contributed by atoms with Gasteiger partial charge in [0.05, 0.1) is 0 Å². The lowest BCUT2D eigenvalue weighted by molar-refractivity contribution is -0.132. The predicted molar refractivity (Wildman–Crippen MR) is 88.0 cm³/mol. The standard InChI is InChI=1S/C17H20ClN3O2/c1-12-3-2-10-21(11-12)16(22)9-8-15-19-17(20-23-15)13-4-6-14(18)7-5-13/h4-7,12H,2-3,8-11H2,1H3. The fraction of sp³-hybridized carbons (Fsp3) is 0.471. The van der Waals surface area contributed by atoms with Crippen molar-refractivity contribution in [3.05, 3.63) is 35.2 Å². The third kappa shape index (κ3) is 4.10. The lowest BCUT2D eigenvalue weighted by Crippen LogP contribution is -2.39. The van der Waals surface area contributed by atoms with Crippen LogP contribution in [-0.4, -0.2) is 34.0 Å². The Hall–Kier alpha value is -1.88. The molecular weight excluding hydrogens is 314 g/mol. The van der Waals surface area contributed by atoms with Gasteiger partial charge >= 0.3 is 0 Å². The Balaban J connectivity index is 1.56. The molecule has 0 radical (unpaired) electrons. The first-order chi connectivity index (χ1) is 11.1. The van der Waals surface area contributed by atoms with Gasteiger partial charge in [-0.2, -0.15) is 4.98 Å². The predicted octanol–water partition coefficient (Wildman–Crippen LogP) is 3.58. The number of carbonyl (C=O) groups excluding carboxylic acids is 1. The molecule has 0 bridgehead atoms. The highest BCUT2D eigenvalue weighted by atomic mass is 35.5. The molecular formula is C17H20ClN3O2. The summed E-state index contributed by atoms with van der Waals surface area (Å²) < 4.78 is 5.24. The first-order valence-electron chi connectivity index (χ1n) is 7.98. The van der Waals surface area contributed by atoms with E-state index in [1.807, 2.05) is 17.0 Å². The van der Waals surface area contributed by atoms with Crippen molar-refractivity contribution < 1.29 is 9.32 Å². The number of aryl methyl sites for hydroxylation is 1. The van der Waals surface area contributed by atoms with Crippen LogP contribution in [0.15, 0.2) is 28.8 Å². The molecule has 1 fully saturated rings. The molecule has 1 aromatic heterocycles. The van der Waals surface area contributed by atoms with E-state index < -0.39 is 0 Å². The van der Waals surface area contributed by atoms with Crippen molar-refractivity contribution in [1.29, 1.82) is 0 Å². The fourth-order valence-corrected chi connectivity index (χ4v) is 2.99. The van der Waals surface area contributed by atoms with Crippen LogP contribution >= 0.6 is 11.6 Å². The van der Waals surface area contributed by atoms with Gasteiger partial charge in [0.25, 0.3) is 0 Å². The molecule has 0 aliphatic carbocycles. The minimum Gasteiger partial charge on any atom is -0.342 e. The van der Waals surface area contributed by atoms with Crippen LogP contribution in [-0.2, 0) is 11.2 Å². The molecule has 0 spiro atoms. The van der Waals surface area contributed by atoms with Crippen molar-refractivity contribution in [3.8, 4) is 11.4 Å². The summed E-state index contributed by atoms with van der Waals surface area (Å²) in [5.41, 5.74) is 0.848. The van der Waals surface area contributed by atoms with E-state index in [0.29, 0.717) is 35.5 Å². The van der Waals surface area contributed by atoms with Gasteiger partial charge in [0.15, 0.2) is 0 Å². The molecule has 5 nitrogen and oxygen atoms in total. The third-order valence-corrected chi connectivity index (χ3v) is 4.38. The van der Waals surface area contributed by atoms with Gasteiger partial charge in [-0.15, -0.1) is 0 Å². The molecule has 23 heavy (non-hydrogen) atoms. The monoisotopic (exact) mass is 333 g/mol. The summed E-state index contributed by atoms with van der Waals surface area (Å²) in [6.07, 6.45) is 3.19. The smallest absolute Gasteiger partial charge is 0.227 e. The maximum absolute atomic E-state index is 12.3. The Morgan fingerprint density at radius 1 is 1.39 bits per heavy atom. The summed E-state index contributed by atoms with van der Waals surface area (Å²) in [6, 6.07) is 7.26. The molecule has 2 aromatic rings. The molecule has 1 atom stereocenters. The Labute approximate surface area is 140 Å². The van der Waals surface area contributed by atoms with Crippen LogP contribution in [0.5, 0.6) is 0 Å². The van der Waals surface area contributed by atoms with Crippen LogP contribution in [0.2, 0.25) is 5.02 Å². The molecule has 0 N–H and O–H groups in total. The zero-order valence-corrected chi connectivity index (χ0v) is 13.9. The summed E-state index contributed by atoms with van der Waals surface area (Å²) in [6.45, 7) is 3.91. The molecule has 6 heteroatoms. The van der Waals surface area contributed by atoms with Crippen molar-refractivity contribution in [1.82, 2.24) is 15.0 Å². The average molecular weight is 334 g/mol. The van der Waals surface area contributed by atoms with E-state index in [-0.39, 0.29) is 5.91 Å². The van der Waals surface area contributed by atoms with Gasteiger partial charge in [-0.05, 0) is 43.0 Å². The Kier molecular flexibility index (Phi) is 4.96. The van der Waals surface area contributed by atoms with E-state index in [0.717, 1.165) is 25.1 Å². The van der Waals surface area contributed by atoms with Crippen LogP contribution in [0.25, 0.3) is 11.4 Å². The minimum atomic E-state index is 0.169. The maximum atomic E-state index is 12.3. The van der Waals surface area contributed by atoms with Gasteiger partial charge in [0, 0.05) is 36.5 Å². The normalized spacial score (nSPS) is 18.2. The van der Waals surface area contributed by atoms with E-state index >= 15 is 0 Å². The molecule has 1 amide bonds. The summed E-state index contributed by atoms with van der Waals surface area (Å²) in [5.74, 6) is 1.78. The maximum Gasteiger partial charge on any atom is 0.227 e. The number of amides is 1. The first-order valence-corrected chi connectivity index (χ1v) is 8.36. The second kappa shape index (κ2) is 7.13. The molecule has 122 valence electrons. The number of piperidine rings is 1. The number of benzene rings is 1. The molecule has 2 heterocycles. The highest BCUT2D eigenvalue weighted by Gasteiger charge is 2.21. The molecule has 3 rings (SSSR count). The molecule has 0 saturated carbocycles. The van der Waals surface area contributed by atoms with Crippen LogP contribution in [0.4, 0.5) is 0 Å². The van der Waals surface area contributed by atoms with Crippen molar-refractivity contribution in [2.24, 2.45) is 5.92 Å². The summed E-state index contributed by atoms with van der Waals surface area (Å²) in [4.78, 5) is 18.6. The van der Waals surface area contributed by atoms with Crippen LogP contribution in [0.1, 0.15) is 32.1 Å². The quantitative estimate of drug-likeness (QED) is 0.858. The summed E-state index contributed by atoms with van der Waals surface area (Å²) in [7, 11) is 0. The van der Waals surface area contributed by atoms with Gasteiger partial charge < -0.3 is 9.42 Å². The highest BCUT2D eigenvalue weighted by Crippen LogP contribution is 2.20. The van der Waals surface area contributed by atoms with Crippen LogP contribution < -0.4 is 0 Å². The Morgan fingerprint density at radius 3 is 2.91 bits per heavy atom. The lowest BCUT2D eigenvalue weighted by Gasteiger charge is -2.30. The van der Waals surface area contributed by atoms with Gasteiger partial charge in [-0.1, -0.05) is 23.7 Å². The number of hydrogen-bond acceptors (Lipinski definition) is 4. The lowest BCUT2D eigenvalue weighted by atomic mass is 10.00. The first kappa shape index (κ1) is 16.0. The third-order valence-electron chi connectivity index (χ3n) is 4.13. The minimum absolute atomic E-state index is 0.169. The number of nitrogens with zero attached hydrogens (tertiary/aromatic N) is 3. The van der Waals surface area contributed by atoms with Crippen molar-refractivity contribution in [2.75, 3.05) is 13.1 Å². The van der Waals surface area contributed by atoms with E-state index in [2.05, 4.69) is 17.1 Å². The molecule has 1 unspecified atom stereocenters. The number of aromatic nitrogens is 2. The number of hydrogen-bond donors (Lipinski definition) is 0. The van der Waals surface area contributed by atoms with Crippen molar-refractivity contribution in [2.45, 2.75) is 32.6 Å². The Bertz CT molecular complexity index is 669. The van der Waals surface area contributed by atoms with Gasteiger partial charge in [0.1, 0.15) is 0 Å². The molecule has 1 aliphatic rings. The summed E-state index contributed by atoms with van der Waals surface area (Å²) >= 11 is 5.87. The van der Waals surface area contributed by atoms with E-state index in [4.69, 9.17) is 16.1 Å². The van der Waals surface area contributed by atoms with E-state index in [1.165, 1.54) is 6.42 Å². The number of likely N-dealkylation sites (tertiary alicyclic amines) is 1. The molecule has 1 aliphatic heterocycles. The average Bonchev–Trinajstić information content (AvgIpc) is 3.02. The van der Waals surface area contributed by atoms with Crippen LogP contribution in [0.3, 0.4) is 0 Å². The SMILES string of the molecule is CC1CCCN(C(=O)CCc2nc(-c3ccc(Cl)cc3)no2)C1. The highest BCUT2D eigenvalue weighted by molar-refractivity contribution is 6.30. The number of carbonyl (C=O) groups is 1. The fourth-order valence-electron chi connectivity index (χ4n) is 2.86. The van der Waals surface area contributed by atoms with E-state index in [1.54, 1.807) is 12.1 Å². The second-order valence-corrected chi connectivity index (χ2v) is 6.54. The van der Waals surface area contributed by atoms with Gasteiger partial charge in [-0.25, -0.2) is 0 Å². The molecule has 1 aromatic carbocycles. The second-order valence-electron chi connectivity index (χ2n) is 6.11. The molecule has 1 saturated heterocycles. The zero-order valence-electron chi connectivity index (χ0n) is 13.2. The van der Waals surface area contributed by atoms with E-state index in [9.17, 15) is 4.79 Å². The summed E-state index contributed by atoms with van der Waals surface area (Å²) in [5, 5.41) is 4.63. The van der Waals surface area contributed by atoms with Crippen molar-refractivity contribution in [3.63, 3.8) is 0 Å². The Morgan fingerprint density at radius 2 is 2.17 bits per heavy atom. The topological polar surface area (TPSA) is 59.2 Å². The van der Waals surface area contributed by atoms with Crippen molar-refractivity contribution >= 4 is 17.5 Å². The number of rotatable bonds is 4. The number of halogens is 1.